The van der Waals surface area contributed by atoms with Crippen LogP contribution in [0.2, 0.25) is 0 Å². The first-order valence-electron chi connectivity index (χ1n) is 12.1. The Morgan fingerprint density at radius 1 is 1.03 bits per heavy atom. The minimum Gasteiger partial charge on any atom is -0.445 e. The van der Waals surface area contributed by atoms with Gasteiger partial charge in [-0.25, -0.2) is 9.18 Å². The third-order valence-electron chi connectivity index (χ3n) is 6.90. The zero-order valence-corrected chi connectivity index (χ0v) is 19.2. The number of ether oxygens (including phenoxy) is 1. The highest BCUT2D eigenvalue weighted by atomic mass is 19.1. The van der Waals surface area contributed by atoms with Crippen molar-refractivity contribution in [3.8, 4) is 0 Å². The molecule has 2 fully saturated rings. The van der Waals surface area contributed by atoms with Crippen LogP contribution >= 0.6 is 0 Å². The number of carbonyl (C=O) groups excluding carboxylic acids is 1. The largest absolute Gasteiger partial charge is 0.445 e. The smallest absolute Gasteiger partial charge is 0.407 e. The Hall–Kier alpha value is -2.80. The standard InChI is InChI=1S/C26H35FN4O2/c27-24-18-22(28)6-7-25(24)31-16-9-20(10-17-31)8-13-30-14-11-23(12-15-30)29-26(32)33-19-21-4-2-1-3-5-21/h1-7,18,20,23H,8-17,19,28H2,(H,29,32). The number of nitrogen functional groups attached to an aromatic ring is 1. The lowest BCUT2D eigenvalue weighted by Gasteiger charge is -2.36. The quantitative estimate of drug-likeness (QED) is 0.607. The molecule has 1 amide bonds. The molecule has 3 N–H and O–H groups in total. The van der Waals surface area contributed by atoms with Crippen LogP contribution in [0.4, 0.5) is 20.6 Å². The number of nitrogens with one attached hydrogen (secondary N) is 1. The summed E-state index contributed by atoms with van der Waals surface area (Å²) in [5.41, 5.74) is 7.79. The number of rotatable bonds is 7. The van der Waals surface area contributed by atoms with Crippen LogP contribution in [-0.4, -0.2) is 49.8 Å². The van der Waals surface area contributed by atoms with Crippen LogP contribution in [-0.2, 0) is 11.3 Å². The molecule has 0 spiro atoms. The summed E-state index contributed by atoms with van der Waals surface area (Å²) in [5, 5.41) is 3.01. The van der Waals surface area contributed by atoms with Crippen LogP contribution in [0.25, 0.3) is 0 Å². The summed E-state index contributed by atoms with van der Waals surface area (Å²) in [7, 11) is 0. The number of amides is 1. The van der Waals surface area contributed by atoms with Crippen molar-refractivity contribution in [1.82, 2.24) is 10.2 Å². The van der Waals surface area contributed by atoms with Crippen LogP contribution in [0.1, 0.15) is 37.7 Å². The van der Waals surface area contributed by atoms with E-state index in [1.54, 1.807) is 12.1 Å². The van der Waals surface area contributed by atoms with Gasteiger partial charge in [0, 0.05) is 37.9 Å². The van der Waals surface area contributed by atoms with Crippen molar-refractivity contribution in [2.75, 3.05) is 43.4 Å². The van der Waals surface area contributed by atoms with Crippen molar-refractivity contribution in [2.24, 2.45) is 5.92 Å². The highest BCUT2D eigenvalue weighted by molar-refractivity contribution is 5.67. The number of carbonyl (C=O) groups is 1. The molecule has 2 aromatic rings. The first-order chi connectivity index (χ1) is 16.1. The van der Waals surface area contributed by atoms with E-state index in [9.17, 15) is 9.18 Å². The number of benzene rings is 2. The van der Waals surface area contributed by atoms with E-state index in [1.165, 1.54) is 12.5 Å². The molecular formula is C26H35FN4O2. The minimum absolute atomic E-state index is 0.183. The average molecular weight is 455 g/mol. The molecule has 0 unspecified atom stereocenters. The summed E-state index contributed by atoms with van der Waals surface area (Å²) < 4.78 is 19.5. The average Bonchev–Trinajstić information content (AvgIpc) is 2.83. The normalized spacial score (nSPS) is 18.3. The number of halogens is 1. The van der Waals surface area contributed by atoms with Crippen molar-refractivity contribution < 1.29 is 13.9 Å². The Morgan fingerprint density at radius 2 is 1.76 bits per heavy atom. The van der Waals surface area contributed by atoms with E-state index in [0.717, 1.165) is 64.0 Å². The van der Waals surface area contributed by atoms with Gasteiger partial charge < -0.3 is 25.6 Å². The number of nitrogens with two attached hydrogens (primary N) is 1. The van der Waals surface area contributed by atoms with Crippen LogP contribution in [0.15, 0.2) is 48.5 Å². The number of nitrogens with zero attached hydrogens (tertiary/aromatic N) is 2. The molecule has 0 aromatic heterocycles. The molecule has 0 aliphatic carbocycles. The molecule has 2 saturated heterocycles. The molecule has 6 nitrogen and oxygen atoms in total. The van der Waals surface area contributed by atoms with Gasteiger partial charge in [-0.2, -0.15) is 0 Å². The fourth-order valence-corrected chi connectivity index (χ4v) is 4.84. The highest BCUT2D eigenvalue weighted by Crippen LogP contribution is 2.28. The Bertz CT molecular complexity index is 894. The van der Waals surface area contributed by atoms with Crippen molar-refractivity contribution in [3.63, 3.8) is 0 Å². The number of hydrogen-bond acceptors (Lipinski definition) is 5. The Balaban J connectivity index is 1.10. The topological polar surface area (TPSA) is 70.8 Å². The maximum atomic E-state index is 14.2. The summed E-state index contributed by atoms with van der Waals surface area (Å²) in [6, 6.07) is 14.9. The fraction of sp³-hybridized carbons (Fsp3) is 0.500. The van der Waals surface area contributed by atoms with E-state index in [0.29, 0.717) is 23.9 Å². The van der Waals surface area contributed by atoms with E-state index in [1.807, 2.05) is 30.3 Å². The van der Waals surface area contributed by atoms with E-state index in [2.05, 4.69) is 15.1 Å². The molecule has 2 aliphatic heterocycles. The number of alkyl carbamates (subject to hydrolysis) is 1. The third kappa shape index (κ3) is 6.84. The summed E-state index contributed by atoms with van der Waals surface area (Å²) in [4.78, 5) is 16.7. The Labute approximate surface area is 195 Å². The van der Waals surface area contributed by atoms with Crippen LogP contribution in [0.3, 0.4) is 0 Å². The van der Waals surface area contributed by atoms with Gasteiger partial charge in [0.25, 0.3) is 0 Å². The second-order valence-electron chi connectivity index (χ2n) is 9.25. The molecule has 0 radical (unpaired) electrons. The predicted molar refractivity (Wildman–Crippen MR) is 130 cm³/mol. The van der Waals surface area contributed by atoms with Gasteiger partial charge in [0.2, 0.25) is 0 Å². The molecular weight excluding hydrogens is 419 g/mol. The zero-order chi connectivity index (χ0) is 23.0. The Kier molecular flexibility index (Phi) is 8.05. The van der Waals surface area contributed by atoms with E-state index >= 15 is 0 Å². The fourth-order valence-electron chi connectivity index (χ4n) is 4.84. The van der Waals surface area contributed by atoms with Gasteiger partial charge in [0.05, 0.1) is 5.69 Å². The molecule has 178 valence electrons. The molecule has 33 heavy (non-hydrogen) atoms. The van der Waals surface area contributed by atoms with Crippen LogP contribution in [0.5, 0.6) is 0 Å². The number of anilines is 2. The molecule has 2 aromatic carbocycles. The monoisotopic (exact) mass is 454 g/mol. The maximum Gasteiger partial charge on any atom is 0.407 e. The van der Waals surface area contributed by atoms with Gasteiger partial charge >= 0.3 is 6.09 Å². The number of likely N-dealkylation sites (tertiary alicyclic amines) is 1. The number of hydrogen-bond donors (Lipinski definition) is 2. The molecule has 2 heterocycles. The van der Waals surface area contributed by atoms with Gasteiger partial charge in [-0.05, 0) is 68.3 Å². The highest BCUT2D eigenvalue weighted by Gasteiger charge is 2.24. The van der Waals surface area contributed by atoms with Gasteiger partial charge in [0.1, 0.15) is 12.4 Å². The lowest BCUT2D eigenvalue weighted by atomic mass is 9.92. The summed E-state index contributed by atoms with van der Waals surface area (Å²) in [5.74, 6) is 0.454. The lowest BCUT2D eigenvalue weighted by molar-refractivity contribution is 0.125. The minimum atomic E-state index is -0.332. The van der Waals surface area contributed by atoms with Gasteiger partial charge in [-0.15, -0.1) is 0 Å². The molecule has 7 heteroatoms. The van der Waals surface area contributed by atoms with E-state index in [-0.39, 0.29) is 18.0 Å². The van der Waals surface area contributed by atoms with Gasteiger partial charge in [0.15, 0.2) is 0 Å². The van der Waals surface area contributed by atoms with Gasteiger partial charge in [-0.3, -0.25) is 0 Å². The summed E-state index contributed by atoms with van der Waals surface area (Å²) >= 11 is 0. The molecule has 4 rings (SSSR count). The van der Waals surface area contributed by atoms with Crippen molar-refractivity contribution in [3.05, 3.63) is 59.9 Å². The number of piperidine rings is 2. The molecule has 0 bridgehead atoms. The summed E-state index contributed by atoms with van der Waals surface area (Å²) in [6.45, 7) is 5.17. The molecule has 2 aliphatic rings. The lowest BCUT2D eigenvalue weighted by Crippen LogP contribution is -2.45. The maximum absolute atomic E-state index is 14.2. The molecule has 0 atom stereocenters. The van der Waals surface area contributed by atoms with Crippen molar-refractivity contribution in [2.45, 2.75) is 44.8 Å². The second-order valence-corrected chi connectivity index (χ2v) is 9.25. The third-order valence-corrected chi connectivity index (χ3v) is 6.90. The molecule has 0 saturated carbocycles. The van der Waals surface area contributed by atoms with Crippen molar-refractivity contribution >= 4 is 17.5 Å². The van der Waals surface area contributed by atoms with Crippen LogP contribution < -0.4 is 16.0 Å². The first-order valence-corrected chi connectivity index (χ1v) is 12.1. The van der Waals surface area contributed by atoms with Crippen LogP contribution in [0, 0.1) is 11.7 Å². The first kappa shape index (κ1) is 23.4. The van der Waals surface area contributed by atoms with E-state index < -0.39 is 0 Å². The predicted octanol–water partition coefficient (Wildman–Crippen LogP) is 4.41. The van der Waals surface area contributed by atoms with Crippen molar-refractivity contribution in [1.29, 1.82) is 0 Å². The second kappa shape index (κ2) is 11.4. The summed E-state index contributed by atoms with van der Waals surface area (Å²) in [6.07, 6.45) is 4.94. The van der Waals surface area contributed by atoms with E-state index in [4.69, 9.17) is 10.5 Å². The zero-order valence-electron chi connectivity index (χ0n) is 19.2. The van der Waals surface area contributed by atoms with Gasteiger partial charge in [-0.1, -0.05) is 30.3 Å². The Morgan fingerprint density at radius 3 is 2.45 bits per heavy atom. The SMILES string of the molecule is Nc1ccc(N2CCC(CCN3CCC(NC(=O)OCc4ccccc4)CC3)CC2)c(F)c1.